The number of nitrogens with one attached hydrogen (secondary N) is 1. The topological polar surface area (TPSA) is 84.6 Å². The van der Waals surface area contributed by atoms with Crippen molar-refractivity contribution in [3.05, 3.63) is 23.8 Å². The zero-order valence-electron chi connectivity index (χ0n) is 11.8. The number of ether oxygens (including phenoxy) is 1. The molecule has 5 heteroatoms. The van der Waals surface area contributed by atoms with E-state index in [0.717, 1.165) is 25.7 Å². The molecule has 1 saturated carbocycles. The third kappa shape index (κ3) is 3.22. The van der Waals surface area contributed by atoms with E-state index in [1.807, 2.05) is 0 Å². The number of nitrogens with two attached hydrogens (primary N) is 1. The third-order valence-electron chi connectivity index (χ3n) is 3.96. The second-order valence-corrected chi connectivity index (χ2v) is 5.26. The molecule has 1 aromatic carbocycles. The smallest absolute Gasteiger partial charge is 0.251 e. The summed E-state index contributed by atoms with van der Waals surface area (Å²) in [7, 11) is 1.52. The Labute approximate surface area is 119 Å². The van der Waals surface area contributed by atoms with Gasteiger partial charge in [-0.25, -0.2) is 0 Å². The van der Waals surface area contributed by atoms with Crippen LogP contribution in [0.5, 0.6) is 5.75 Å². The Morgan fingerprint density at radius 3 is 2.90 bits per heavy atom. The number of amides is 1. The van der Waals surface area contributed by atoms with Crippen LogP contribution in [0.1, 0.15) is 36.0 Å². The van der Waals surface area contributed by atoms with Gasteiger partial charge in [-0.2, -0.15) is 0 Å². The highest BCUT2D eigenvalue weighted by Gasteiger charge is 2.26. The lowest BCUT2D eigenvalue weighted by Crippen LogP contribution is -2.43. The average Bonchev–Trinajstić information content (AvgIpc) is 2.48. The maximum Gasteiger partial charge on any atom is 0.251 e. The van der Waals surface area contributed by atoms with Crippen LogP contribution in [0.15, 0.2) is 18.2 Å². The Kier molecular flexibility index (Phi) is 4.84. The van der Waals surface area contributed by atoms with Crippen molar-refractivity contribution in [1.82, 2.24) is 5.32 Å². The van der Waals surface area contributed by atoms with Gasteiger partial charge in [0.05, 0.1) is 12.8 Å². The van der Waals surface area contributed by atoms with E-state index >= 15 is 0 Å². The fourth-order valence-corrected chi connectivity index (χ4v) is 2.72. The van der Waals surface area contributed by atoms with Crippen molar-refractivity contribution in [3.8, 4) is 5.75 Å². The van der Waals surface area contributed by atoms with Crippen LogP contribution in [-0.4, -0.2) is 30.8 Å². The van der Waals surface area contributed by atoms with Crippen molar-refractivity contribution in [2.24, 2.45) is 5.92 Å². The molecular formula is C15H22N2O3. The van der Waals surface area contributed by atoms with Gasteiger partial charge >= 0.3 is 0 Å². The molecule has 110 valence electrons. The van der Waals surface area contributed by atoms with Gasteiger partial charge in [0.2, 0.25) is 0 Å². The van der Waals surface area contributed by atoms with Crippen LogP contribution < -0.4 is 15.8 Å². The monoisotopic (exact) mass is 278 g/mol. The van der Waals surface area contributed by atoms with Gasteiger partial charge in [-0.05, 0) is 31.0 Å². The van der Waals surface area contributed by atoms with Crippen molar-refractivity contribution >= 4 is 11.6 Å². The molecule has 1 amide bonds. The minimum absolute atomic E-state index is 0.0461. The number of carbonyl (C=O) groups excluding carboxylic acids is 1. The number of hydrogen-bond donors (Lipinski definition) is 3. The number of carbonyl (C=O) groups is 1. The summed E-state index contributed by atoms with van der Waals surface area (Å²) in [6.45, 7) is 0.121. The van der Waals surface area contributed by atoms with E-state index in [9.17, 15) is 9.90 Å². The van der Waals surface area contributed by atoms with Gasteiger partial charge in [0.1, 0.15) is 5.75 Å². The van der Waals surface area contributed by atoms with Crippen LogP contribution in [0.25, 0.3) is 0 Å². The fraction of sp³-hybridized carbons (Fsp3) is 0.533. The van der Waals surface area contributed by atoms with Crippen LogP contribution in [0, 0.1) is 5.92 Å². The third-order valence-corrected chi connectivity index (χ3v) is 3.96. The molecule has 0 bridgehead atoms. The molecule has 2 atom stereocenters. The summed E-state index contributed by atoms with van der Waals surface area (Å²) < 4.78 is 5.12. The van der Waals surface area contributed by atoms with Crippen LogP contribution in [0.4, 0.5) is 5.69 Å². The molecule has 2 unspecified atom stereocenters. The number of rotatable bonds is 4. The van der Waals surface area contributed by atoms with Crippen molar-refractivity contribution in [2.75, 3.05) is 19.5 Å². The number of aliphatic hydroxyl groups excluding tert-OH is 1. The van der Waals surface area contributed by atoms with Gasteiger partial charge in [-0.3, -0.25) is 4.79 Å². The molecule has 1 fully saturated rings. The Hall–Kier alpha value is -1.75. The Balaban J connectivity index is 2.07. The lowest BCUT2D eigenvalue weighted by Gasteiger charge is -2.30. The molecule has 4 N–H and O–H groups in total. The van der Waals surface area contributed by atoms with E-state index in [0.29, 0.717) is 17.0 Å². The van der Waals surface area contributed by atoms with Gasteiger partial charge in [0.15, 0.2) is 0 Å². The molecular weight excluding hydrogens is 256 g/mol. The Morgan fingerprint density at radius 2 is 2.20 bits per heavy atom. The lowest BCUT2D eigenvalue weighted by atomic mass is 9.85. The number of hydrogen-bond acceptors (Lipinski definition) is 4. The summed E-state index contributed by atoms with van der Waals surface area (Å²) >= 11 is 0. The summed E-state index contributed by atoms with van der Waals surface area (Å²) in [6, 6.07) is 5.04. The molecule has 2 rings (SSSR count). The molecule has 1 aromatic rings. The first-order chi connectivity index (χ1) is 9.65. The van der Waals surface area contributed by atoms with E-state index in [4.69, 9.17) is 10.5 Å². The molecule has 0 spiro atoms. The summed E-state index contributed by atoms with van der Waals surface area (Å²) in [5, 5.41) is 12.4. The predicted molar refractivity (Wildman–Crippen MR) is 77.7 cm³/mol. The van der Waals surface area contributed by atoms with E-state index < -0.39 is 0 Å². The quantitative estimate of drug-likeness (QED) is 0.730. The fourth-order valence-electron chi connectivity index (χ4n) is 2.72. The zero-order chi connectivity index (χ0) is 14.5. The number of aliphatic hydroxyl groups is 1. The summed E-state index contributed by atoms with van der Waals surface area (Å²) in [5.41, 5.74) is 6.77. The summed E-state index contributed by atoms with van der Waals surface area (Å²) in [5.74, 6) is 0.511. The molecule has 0 radical (unpaired) electrons. The Morgan fingerprint density at radius 1 is 1.45 bits per heavy atom. The van der Waals surface area contributed by atoms with Gasteiger partial charge in [-0.15, -0.1) is 0 Å². The second kappa shape index (κ2) is 6.61. The highest BCUT2D eigenvalue weighted by Crippen LogP contribution is 2.25. The maximum absolute atomic E-state index is 12.3. The predicted octanol–water partition coefficient (Wildman–Crippen LogP) is 1.56. The normalized spacial score (nSPS) is 22.3. The van der Waals surface area contributed by atoms with E-state index in [1.54, 1.807) is 18.2 Å². The first-order valence-electron chi connectivity index (χ1n) is 7.01. The molecule has 0 aliphatic heterocycles. The summed E-state index contributed by atoms with van der Waals surface area (Å²) in [6.07, 6.45) is 4.09. The van der Waals surface area contributed by atoms with Gasteiger partial charge in [-0.1, -0.05) is 12.8 Å². The molecule has 0 heterocycles. The zero-order valence-corrected chi connectivity index (χ0v) is 11.8. The number of nitrogen functional groups attached to an aromatic ring is 1. The highest BCUT2D eigenvalue weighted by atomic mass is 16.5. The minimum Gasteiger partial charge on any atom is -0.495 e. The van der Waals surface area contributed by atoms with Gasteiger partial charge in [0.25, 0.3) is 5.91 Å². The standard InChI is InChI=1S/C15H22N2O3/c1-20-14-8-10(6-7-12(14)16)15(19)17-13-5-3-2-4-11(13)9-18/h6-8,11,13,18H,2-5,9,16H2,1H3,(H,17,19). The number of benzene rings is 1. The van der Waals surface area contributed by atoms with Crippen molar-refractivity contribution in [2.45, 2.75) is 31.7 Å². The molecule has 5 nitrogen and oxygen atoms in total. The van der Waals surface area contributed by atoms with E-state index in [2.05, 4.69) is 5.32 Å². The van der Waals surface area contributed by atoms with E-state index in [1.165, 1.54) is 7.11 Å². The highest BCUT2D eigenvalue weighted by molar-refractivity contribution is 5.95. The van der Waals surface area contributed by atoms with Gasteiger partial charge < -0.3 is 20.9 Å². The Bertz CT molecular complexity index is 476. The molecule has 0 saturated heterocycles. The molecule has 1 aliphatic carbocycles. The molecule has 0 aromatic heterocycles. The average molecular weight is 278 g/mol. The van der Waals surface area contributed by atoms with Crippen molar-refractivity contribution in [3.63, 3.8) is 0 Å². The van der Waals surface area contributed by atoms with Crippen LogP contribution in [0.2, 0.25) is 0 Å². The van der Waals surface area contributed by atoms with Crippen LogP contribution in [-0.2, 0) is 0 Å². The first-order valence-corrected chi connectivity index (χ1v) is 7.01. The summed E-state index contributed by atoms with van der Waals surface area (Å²) in [4.78, 5) is 12.3. The minimum atomic E-state index is -0.145. The largest absolute Gasteiger partial charge is 0.495 e. The van der Waals surface area contributed by atoms with Crippen LogP contribution in [0.3, 0.4) is 0 Å². The lowest BCUT2D eigenvalue weighted by molar-refractivity contribution is 0.0872. The maximum atomic E-state index is 12.3. The van der Waals surface area contributed by atoms with Crippen molar-refractivity contribution < 1.29 is 14.6 Å². The molecule has 1 aliphatic rings. The first kappa shape index (κ1) is 14.7. The number of anilines is 1. The SMILES string of the molecule is COc1cc(C(=O)NC2CCCCC2CO)ccc1N. The molecule has 20 heavy (non-hydrogen) atoms. The van der Waals surface area contributed by atoms with Gasteiger partial charge in [0, 0.05) is 24.1 Å². The van der Waals surface area contributed by atoms with Crippen molar-refractivity contribution in [1.29, 1.82) is 0 Å². The van der Waals surface area contributed by atoms with E-state index in [-0.39, 0.29) is 24.5 Å². The number of methoxy groups -OCH3 is 1. The van der Waals surface area contributed by atoms with Crippen LogP contribution >= 0.6 is 0 Å². The second-order valence-electron chi connectivity index (χ2n) is 5.26.